The number of hydrogen-bond acceptors (Lipinski definition) is 3. The highest BCUT2D eigenvalue weighted by Gasteiger charge is 2.17. The Morgan fingerprint density at radius 1 is 1.35 bits per heavy atom. The van der Waals surface area contributed by atoms with Crippen LogP contribution >= 0.6 is 0 Å². The molecule has 1 heterocycles. The average molecular weight is 280 g/mol. The Hall–Kier alpha value is -2.31. The second kappa shape index (κ2) is 5.36. The average Bonchev–Trinajstić information content (AvgIpc) is 2.70. The lowest BCUT2D eigenvalue weighted by molar-refractivity contribution is 0.0932. The fraction of sp³-hybridized carbons (Fsp3) is 0.308. The van der Waals surface area contributed by atoms with Crippen LogP contribution in [0.4, 0.5) is 8.78 Å². The van der Waals surface area contributed by atoms with Gasteiger partial charge in [-0.2, -0.15) is 0 Å². The fourth-order valence-electron chi connectivity index (χ4n) is 1.69. The van der Waals surface area contributed by atoms with Crippen molar-refractivity contribution < 1.29 is 13.6 Å². The molecule has 2 rings (SSSR count). The first-order valence-corrected chi connectivity index (χ1v) is 6.08. The number of aryl methyl sites for hydroxylation is 1. The predicted octanol–water partition coefficient (Wildman–Crippen LogP) is 1.99. The standard InChI is InChI=1S/C13H14F2N4O/c1-7(2)16-13(20)12-17-8(3)19(18-12)11-5-4-9(14)6-10(11)15/h4-7H,1-3H3,(H,16,20). The second-order valence-electron chi connectivity index (χ2n) is 4.62. The van der Waals surface area contributed by atoms with Crippen LogP contribution in [0.5, 0.6) is 0 Å². The third kappa shape index (κ3) is 2.81. The van der Waals surface area contributed by atoms with Gasteiger partial charge in [0.2, 0.25) is 5.82 Å². The molecular weight excluding hydrogens is 266 g/mol. The molecule has 0 aliphatic heterocycles. The third-order valence-electron chi connectivity index (χ3n) is 2.53. The van der Waals surface area contributed by atoms with Crippen LogP contribution in [0.1, 0.15) is 30.3 Å². The molecule has 1 amide bonds. The van der Waals surface area contributed by atoms with E-state index in [9.17, 15) is 13.6 Å². The SMILES string of the molecule is Cc1nc(C(=O)NC(C)C)nn1-c1ccc(F)cc1F. The number of nitrogens with zero attached hydrogens (tertiary/aromatic N) is 3. The Balaban J connectivity index is 2.39. The maximum absolute atomic E-state index is 13.7. The quantitative estimate of drug-likeness (QED) is 0.935. The van der Waals surface area contributed by atoms with Gasteiger partial charge in [-0.3, -0.25) is 4.79 Å². The summed E-state index contributed by atoms with van der Waals surface area (Å²) in [5.74, 6) is -1.61. The highest BCUT2D eigenvalue weighted by molar-refractivity contribution is 5.90. The third-order valence-corrected chi connectivity index (χ3v) is 2.53. The summed E-state index contributed by atoms with van der Waals surface area (Å²) < 4.78 is 27.8. The van der Waals surface area contributed by atoms with Crippen molar-refractivity contribution in [2.75, 3.05) is 0 Å². The molecule has 0 saturated carbocycles. The number of halogens is 2. The van der Waals surface area contributed by atoms with Crippen molar-refractivity contribution in [2.45, 2.75) is 26.8 Å². The highest BCUT2D eigenvalue weighted by Crippen LogP contribution is 2.15. The van der Waals surface area contributed by atoms with Gasteiger partial charge in [0, 0.05) is 12.1 Å². The lowest BCUT2D eigenvalue weighted by Crippen LogP contribution is -2.31. The molecule has 1 aromatic heterocycles. The Morgan fingerprint density at radius 2 is 2.05 bits per heavy atom. The molecule has 1 aromatic carbocycles. The van der Waals surface area contributed by atoms with Crippen molar-refractivity contribution in [3.05, 3.63) is 41.5 Å². The molecule has 5 nitrogen and oxygen atoms in total. The van der Waals surface area contributed by atoms with E-state index in [0.29, 0.717) is 5.82 Å². The minimum atomic E-state index is -0.770. The van der Waals surface area contributed by atoms with E-state index >= 15 is 0 Å². The van der Waals surface area contributed by atoms with E-state index < -0.39 is 17.5 Å². The van der Waals surface area contributed by atoms with Gasteiger partial charge in [0.15, 0.2) is 5.82 Å². The maximum atomic E-state index is 13.7. The van der Waals surface area contributed by atoms with Crippen molar-refractivity contribution in [1.29, 1.82) is 0 Å². The first-order valence-electron chi connectivity index (χ1n) is 6.08. The topological polar surface area (TPSA) is 59.8 Å². The zero-order valence-electron chi connectivity index (χ0n) is 11.3. The molecule has 2 aromatic rings. The van der Waals surface area contributed by atoms with Crippen molar-refractivity contribution >= 4 is 5.91 Å². The van der Waals surface area contributed by atoms with Gasteiger partial charge in [-0.15, -0.1) is 5.10 Å². The van der Waals surface area contributed by atoms with Crippen LogP contribution in [0.25, 0.3) is 5.69 Å². The van der Waals surface area contributed by atoms with Gasteiger partial charge in [0.1, 0.15) is 17.3 Å². The summed E-state index contributed by atoms with van der Waals surface area (Å²) in [6.45, 7) is 5.20. The van der Waals surface area contributed by atoms with Crippen molar-refractivity contribution in [3.8, 4) is 5.69 Å². The lowest BCUT2D eigenvalue weighted by Gasteiger charge is -2.05. The first-order chi connectivity index (χ1) is 9.38. The Morgan fingerprint density at radius 3 is 2.65 bits per heavy atom. The molecule has 0 bridgehead atoms. The number of benzene rings is 1. The normalized spacial score (nSPS) is 10.9. The zero-order valence-corrected chi connectivity index (χ0v) is 11.3. The fourth-order valence-corrected chi connectivity index (χ4v) is 1.69. The molecule has 0 fully saturated rings. The van der Waals surface area contributed by atoms with Crippen LogP contribution in [0.15, 0.2) is 18.2 Å². The van der Waals surface area contributed by atoms with Crippen LogP contribution < -0.4 is 5.32 Å². The number of nitrogens with one attached hydrogen (secondary N) is 1. The molecule has 0 atom stereocenters. The Kier molecular flexibility index (Phi) is 3.78. The van der Waals surface area contributed by atoms with Crippen LogP contribution in [0, 0.1) is 18.6 Å². The summed E-state index contributed by atoms with van der Waals surface area (Å²) in [4.78, 5) is 15.8. The van der Waals surface area contributed by atoms with E-state index in [2.05, 4.69) is 15.4 Å². The van der Waals surface area contributed by atoms with E-state index in [1.54, 1.807) is 20.8 Å². The van der Waals surface area contributed by atoms with Gasteiger partial charge in [-0.1, -0.05) is 0 Å². The number of hydrogen-bond donors (Lipinski definition) is 1. The number of amides is 1. The summed E-state index contributed by atoms with van der Waals surface area (Å²) >= 11 is 0. The Labute approximate surface area is 114 Å². The van der Waals surface area contributed by atoms with Gasteiger partial charge < -0.3 is 5.32 Å². The summed E-state index contributed by atoms with van der Waals surface area (Å²) in [6, 6.07) is 3.06. The summed E-state index contributed by atoms with van der Waals surface area (Å²) in [6.07, 6.45) is 0. The van der Waals surface area contributed by atoms with Crippen LogP contribution in [-0.4, -0.2) is 26.7 Å². The predicted molar refractivity (Wildman–Crippen MR) is 68.6 cm³/mol. The molecule has 1 N–H and O–H groups in total. The van der Waals surface area contributed by atoms with Gasteiger partial charge in [-0.25, -0.2) is 18.4 Å². The van der Waals surface area contributed by atoms with Crippen molar-refractivity contribution in [2.24, 2.45) is 0 Å². The van der Waals surface area contributed by atoms with Crippen LogP contribution in [-0.2, 0) is 0 Å². The van der Waals surface area contributed by atoms with Gasteiger partial charge in [-0.05, 0) is 32.9 Å². The highest BCUT2D eigenvalue weighted by atomic mass is 19.1. The first kappa shape index (κ1) is 14.1. The summed E-state index contributed by atoms with van der Waals surface area (Å²) in [5, 5.41) is 6.60. The van der Waals surface area contributed by atoms with E-state index in [1.165, 1.54) is 10.7 Å². The molecule has 0 unspecified atom stereocenters. The number of carbonyl (C=O) groups excluding carboxylic acids is 1. The molecule has 20 heavy (non-hydrogen) atoms. The number of aromatic nitrogens is 3. The van der Waals surface area contributed by atoms with Crippen LogP contribution in [0.3, 0.4) is 0 Å². The monoisotopic (exact) mass is 280 g/mol. The molecule has 0 saturated heterocycles. The van der Waals surface area contributed by atoms with Gasteiger partial charge >= 0.3 is 0 Å². The molecule has 0 radical (unpaired) electrons. The molecule has 0 spiro atoms. The van der Waals surface area contributed by atoms with Gasteiger partial charge in [0.25, 0.3) is 5.91 Å². The summed E-state index contributed by atoms with van der Waals surface area (Å²) in [7, 11) is 0. The van der Waals surface area contributed by atoms with Crippen molar-refractivity contribution in [3.63, 3.8) is 0 Å². The maximum Gasteiger partial charge on any atom is 0.291 e. The molecule has 106 valence electrons. The molecule has 7 heteroatoms. The molecular formula is C13H14F2N4O. The molecule has 0 aliphatic carbocycles. The summed E-state index contributed by atoms with van der Waals surface area (Å²) in [5.41, 5.74) is 0.0417. The van der Waals surface area contributed by atoms with E-state index in [0.717, 1.165) is 12.1 Å². The minimum Gasteiger partial charge on any atom is -0.347 e. The van der Waals surface area contributed by atoms with Gasteiger partial charge in [0.05, 0.1) is 0 Å². The van der Waals surface area contributed by atoms with E-state index in [1.807, 2.05) is 0 Å². The number of carbonyl (C=O) groups is 1. The lowest BCUT2D eigenvalue weighted by atomic mass is 10.3. The smallest absolute Gasteiger partial charge is 0.291 e. The second-order valence-corrected chi connectivity index (χ2v) is 4.62. The minimum absolute atomic E-state index is 0.0417. The number of rotatable bonds is 3. The van der Waals surface area contributed by atoms with E-state index in [4.69, 9.17) is 0 Å². The van der Waals surface area contributed by atoms with Crippen LogP contribution in [0.2, 0.25) is 0 Å². The molecule has 0 aliphatic rings. The van der Waals surface area contributed by atoms with Crippen molar-refractivity contribution in [1.82, 2.24) is 20.1 Å². The van der Waals surface area contributed by atoms with E-state index in [-0.39, 0.29) is 17.6 Å². The zero-order chi connectivity index (χ0) is 14.9. The largest absolute Gasteiger partial charge is 0.347 e. The Bertz CT molecular complexity index is 652.